The van der Waals surface area contributed by atoms with E-state index < -0.39 is 10.0 Å². The standard InChI is InChI=1S/C24H24N6O2S/c1-18-26-23(28-22-11-4-5-12-25-22)17-24(27-18)29-13-15-30(16-14-29)33(31,32)21-10-6-8-19-7-2-3-9-20(19)21/h2-12,17H,13-16H2,1H3,(H,25,26,27,28). The molecule has 8 nitrogen and oxygen atoms in total. The van der Waals surface area contributed by atoms with E-state index in [2.05, 4.69) is 25.2 Å². The first kappa shape index (κ1) is 21.3. The van der Waals surface area contributed by atoms with Crippen LogP contribution in [0.25, 0.3) is 10.8 Å². The van der Waals surface area contributed by atoms with Crippen LogP contribution in [0.1, 0.15) is 5.82 Å². The molecular weight excluding hydrogens is 436 g/mol. The van der Waals surface area contributed by atoms with Crippen LogP contribution >= 0.6 is 0 Å². The molecule has 1 aliphatic rings. The zero-order valence-corrected chi connectivity index (χ0v) is 19.0. The van der Waals surface area contributed by atoms with Gasteiger partial charge in [-0.2, -0.15) is 4.31 Å². The topological polar surface area (TPSA) is 91.3 Å². The molecule has 0 saturated carbocycles. The molecule has 1 N–H and O–H groups in total. The second-order valence-corrected chi connectivity index (χ2v) is 9.77. The fraction of sp³-hybridized carbons (Fsp3) is 0.208. The van der Waals surface area contributed by atoms with Crippen molar-refractivity contribution >= 4 is 38.2 Å². The summed E-state index contributed by atoms with van der Waals surface area (Å²) in [5.74, 6) is 2.76. The van der Waals surface area contributed by atoms with E-state index in [1.165, 1.54) is 0 Å². The number of pyridine rings is 1. The van der Waals surface area contributed by atoms with E-state index in [4.69, 9.17) is 0 Å². The lowest BCUT2D eigenvalue weighted by Gasteiger charge is -2.35. The van der Waals surface area contributed by atoms with Crippen LogP contribution in [0.5, 0.6) is 0 Å². The van der Waals surface area contributed by atoms with E-state index in [0.717, 1.165) is 16.6 Å². The minimum Gasteiger partial charge on any atom is -0.354 e. The van der Waals surface area contributed by atoms with Crippen LogP contribution in [0, 0.1) is 6.92 Å². The van der Waals surface area contributed by atoms with Gasteiger partial charge in [0.1, 0.15) is 23.3 Å². The first-order valence-corrected chi connectivity index (χ1v) is 12.2. The van der Waals surface area contributed by atoms with Crippen molar-refractivity contribution in [1.29, 1.82) is 0 Å². The Labute approximate surface area is 193 Å². The summed E-state index contributed by atoms with van der Waals surface area (Å²) in [5, 5.41) is 4.87. The summed E-state index contributed by atoms with van der Waals surface area (Å²) < 4.78 is 28.4. The molecule has 1 saturated heterocycles. The van der Waals surface area contributed by atoms with Crippen LogP contribution in [-0.4, -0.2) is 53.9 Å². The van der Waals surface area contributed by atoms with Crippen LogP contribution < -0.4 is 10.2 Å². The van der Waals surface area contributed by atoms with Gasteiger partial charge in [0.15, 0.2) is 0 Å². The summed E-state index contributed by atoms with van der Waals surface area (Å²) >= 11 is 0. The first-order valence-electron chi connectivity index (χ1n) is 10.8. The molecule has 4 aromatic rings. The molecule has 5 rings (SSSR count). The molecular formula is C24H24N6O2S. The Morgan fingerprint density at radius 1 is 0.848 bits per heavy atom. The SMILES string of the molecule is Cc1nc(Nc2ccccn2)cc(N2CCN(S(=O)(=O)c3cccc4ccccc34)CC2)n1. The number of anilines is 3. The van der Waals surface area contributed by atoms with Gasteiger partial charge >= 0.3 is 0 Å². The summed E-state index contributed by atoms with van der Waals surface area (Å²) in [6.45, 7) is 3.70. The van der Waals surface area contributed by atoms with Gasteiger partial charge < -0.3 is 10.2 Å². The Balaban J connectivity index is 1.34. The van der Waals surface area contributed by atoms with Crippen LogP contribution in [0.4, 0.5) is 17.5 Å². The molecule has 168 valence electrons. The number of nitrogens with one attached hydrogen (secondary N) is 1. The average molecular weight is 461 g/mol. The predicted molar refractivity (Wildman–Crippen MR) is 129 cm³/mol. The summed E-state index contributed by atoms with van der Waals surface area (Å²) in [6, 6.07) is 20.5. The van der Waals surface area contributed by atoms with E-state index in [9.17, 15) is 8.42 Å². The molecule has 0 spiro atoms. The van der Waals surface area contributed by atoms with Gasteiger partial charge in [0.25, 0.3) is 0 Å². The zero-order chi connectivity index (χ0) is 22.8. The lowest BCUT2D eigenvalue weighted by Crippen LogP contribution is -2.49. The summed E-state index contributed by atoms with van der Waals surface area (Å²) in [5.41, 5.74) is 0. The van der Waals surface area contributed by atoms with Crippen molar-refractivity contribution in [2.45, 2.75) is 11.8 Å². The normalized spacial score (nSPS) is 15.0. The Morgan fingerprint density at radius 2 is 1.61 bits per heavy atom. The Hall–Kier alpha value is -3.56. The number of sulfonamides is 1. The second kappa shape index (κ2) is 8.76. The second-order valence-electron chi connectivity index (χ2n) is 7.87. The molecule has 3 heterocycles. The number of nitrogens with zero attached hydrogens (tertiary/aromatic N) is 5. The Kier molecular flexibility index (Phi) is 5.65. The van der Waals surface area contributed by atoms with Gasteiger partial charge in [-0.05, 0) is 30.5 Å². The van der Waals surface area contributed by atoms with Gasteiger partial charge in [0, 0.05) is 43.8 Å². The number of aromatic nitrogens is 3. The fourth-order valence-corrected chi connectivity index (χ4v) is 5.70. The fourth-order valence-electron chi connectivity index (χ4n) is 4.06. The molecule has 2 aromatic carbocycles. The molecule has 0 unspecified atom stereocenters. The van der Waals surface area contributed by atoms with E-state index in [1.807, 2.05) is 61.5 Å². The third-order valence-electron chi connectivity index (χ3n) is 5.68. The number of rotatable bonds is 5. The van der Waals surface area contributed by atoms with Crippen molar-refractivity contribution in [3.05, 3.63) is 78.8 Å². The highest BCUT2D eigenvalue weighted by molar-refractivity contribution is 7.89. The summed E-state index contributed by atoms with van der Waals surface area (Å²) in [7, 11) is -3.60. The predicted octanol–water partition coefficient (Wildman–Crippen LogP) is 3.59. The molecule has 0 bridgehead atoms. The van der Waals surface area contributed by atoms with Crippen LogP contribution in [0.2, 0.25) is 0 Å². The largest absolute Gasteiger partial charge is 0.354 e. The highest BCUT2D eigenvalue weighted by Crippen LogP contribution is 2.27. The van der Waals surface area contributed by atoms with Crippen molar-refractivity contribution in [2.75, 3.05) is 36.4 Å². The first-order chi connectivity index (χ1) is 16.0. The van der Waals surface area contributed by atoms with Gasteiger partial charge in [-0.3, -0.25) is 0 Å². The molecule has 0 atom stereocenters. The summed E-state index contributed by atoms with van der Waals surface area (Å²) in [6.07, 6.45) is 1.72. The maximum Gasteiger partial charge on any atom is 0.243 e. The minimum absolute atomic E-state index is 0.355. The number of aryl methyl sites for hydroxylation is 1. The highest BCUT2D eigenvalue weighted by atomic mass is 32.2. The van der Waals surface area contributed by atoms with Crippen molar-refractivity contribution in [1.82, 2.24) is 19.3 Å². The van der Waals surface area contributed by atoms with Gasteiger partial charge in [0.2, 0.25) is 10.0 Å². The third kappa shape index (κ3) is 4.37. The van der Waals surface area contributed by atoms with Gasteiger partial charge in [-0.1, -0.05) is 42.5 Å². The quantitative estimate of drug-likeness (QED) is 0.487. The number of hydrogen-bond acceptors (Lipinski definition) is 7. The Bertz CT molecular complexity index is 1380. The van der Waals surface area contributed by atoms with Crippen LogP contribution in [0.15, 0.2) is 77.8 Å². The molecule has 2 aromatic heterocycles. The average Bonchev–Trinajstić information content (AvgIpc) is 2.84. The maximum absolute atomic E-state index is 13.4. The van der Waals surface area contributed by atoms with Crippen LogP contribution in [0.3, 0.4) is 0 Å². The molecule has 9 heteroatoms. The number of piperazine rings is 1. The highest BCUT2D eigenvalue weighted by Gasteiger charge is 2.30. The molecule has 0 radical (unpaired) electrons. The van der Waals surface area contributed by atoms with Crippen molar-refractivity contribution in [3.63, 3.8) is 0 Å². The zero-order valence-electron chi connectivity index (χ0n) is 18.2. The molecule has 0 aliphatic carbocycles. The number of fused-ring (bicyclic) bond motifs is 1. The molecule has 33 heavy (non-hydrogen) atoms. The molecule has 0 amide bonds. The van der Waals surface area contributed by atoms with Crippen LogP contribution in [-0.2, 0) is 10.0 Å². The number of hydrogen-bond donors (Lipinski definition) is 1. The van der Waals surface area contributed by atoms with E-state index in [1.54, 1.807) is 22.6 Å². The monoisotopic (exact) mass is 460 g/mol. The van der Waals surface area contributed by atoms with E-state index in [-0.39, 0.29) is 0 Å². The van der Waals surface area contributed by atoms with E-state index >= 15 is 0 Å². The molecule has 1 fully saturated rings. The van der Waals surface area contributed by atoms with Crippen molar-refractivity contribution in [2.24, 2.45) is 0 Å². The van der Waals surface area contributed by atoms with Gasteiger partial charge in [-0.25, -0.2) is 23.4 Å². The lowest BCUT2D eigenvalue weighted by atomic mass is 10.1. The smallest absolute Gasteiger partial charge is 0.243 e. The lowest BCUT2D eigenvalue weighted by molar-refractivity contribution is 0.384. The van der Waals surface area contributed by atoms with Crippen molar-refractivity contribution < 1.29 is 8.42 Å². The maximum atomic E-state index is 13.4. The van der Waals surface area contributed by atoms with Gasteiger partial charge in [0.05, 0.1) is 4.90 Å². The Morgan fingerprint density at radius 3 is 2.39 bits per heavy atom. The summed E-state index contributed by atoms with van der Waals surface area (Å²) in [4.78, 5) is 15.7. The number of benzene rings is 2. The van der Waals surface area contributed by atoms with Gasteiger partial charge in [-0.15, -0.1) is 0 Å². The molecule has 1 aliphatic heterocycles. The van der Waals surface area contributed by atoms with E-state index in [0.29, 0.717) is 48.5 Å². The third-order valence-corrected chi connectivity index (χ3v) is 7.63. The minimum atomic E-state index is -3.60. The van der Waals surface area contributed by atoms with Crippen molar-refractivity contribution in [3.8, 4) is 0 Å².